The predicted molar refractivity (Wildman–Crippen MR) is 90.6 cm³/mol. The molecule has 0 aliphatic carbocycles. The number of rotatable bonds is 8. The summed E-state index contributed by atoms with van der Waals surface area (Å²) >= 11 is 0. The van der Waals surface area contributed by atoms with Gasteiger partial charge in [0.2, 0.25) is 11.7 Å². The molecule has 2 aromatic rings. The highest BCUT2D eigenvalue weighted by Gasteiger charge is 2.28. The van der Waals surface area contributed by atoms with Crippen molar-refractivity contribution < 1.29 is 18.4 Å². The Morgan fingerprint density at radius 3 is 2.54 bits per heavy atom. The lowest BCUT2D eigenvalue weighted by molar-refractivity contribution is -0.123. The zero-order valence-corrected chi connectivity index (χ0v) is 14.2. The van der Waals surface area contributed by atoms with Gasteiger partial charge in [-0.2, -0.15) is 0 Å². The lowest BCUT2D eigenvalue weighted by atomic mass is 9.95. The third kappa shape index (κ3) is 4.28. The van der Waals surface area contributed by atoms with Gasteiger partial charge in [-0.25, -0.2) is 0 Å². The van der Waals surface area contributed by atoms with Crippen LogP contribution in [0.4, 0.5) is 5.88 Å². The highest BCUT2D eigenvalue weighted by Crippen LogP contribution is 2.24. The summed E-state index contributed by atoms with van der Waals surface area (Å²) in [4.78, 5) is 25.3. The molecule has 0 spiro atoms. The molecular weight excluding hydrogens is 308 g/mol. The van der Waals surface area contributed by atoms with Crippen molar-refractivity contribution in [1.82, 2.24) is 5.32 Å². The molecule has 0 radical (unpaired) electrons. The van der Waals surface area contributed by atoms with Crippen LogP contribution < -0.4 is 11.1 Å². The summed E-state index contributed by atoms with van der Waals surface area (Å²) in [6.45, 7) is 5.91. The van der Waals surface area contributed by atoms with Gasteiger partial charge in [0, 0.05) is 11.6 Å². The number of amides is 1. The second kappa shape index (κ2) is 7.86. The van der Waals surface area contributed by atoms with Crippen molar-refractivity contribution in [3.05, 3.63) is 42.0 Å². The molecule has 0 unspecified atom stereocenters. The van der Waals surface area contributed by atoms with Crippen LogP contribution in [-0.2, 0) is 4.79 Å². The molecule has 0 aromatic carbocycles. The predicted octanol–water partition coefficient (Wildman–Crippen LogP) is 3.36. The smallest absolute Gasteiger partial charge is 0.228 e. The zero-order valence-electron chi connectivity index (χ0n) is 14.2. The fraction of sp³-hybridized carbons (Fsp3) is 0.444. The van der Waals surface area contributed by atoms with E-state index < -0.39 is 12.0 Å². The molecule has 0 aliphatic heterocycles. The van der Waals surface area contributed by atoms with Gasteiger partial charge in [0.25, 0.3) is 0 Å². The van der Waals surface area contributed by atoms with Gasteiger partial charge in [0.1, 0.15) is 0 Å². The van der Waals surface area contributed by atoms with Crippen LogP contribution in [0.3, 0.4) is 0 Å². The van der Waals surface area contributed by atoms with Crippen LogP contribution in [0.25, 0.3) is 0 Å². The van der Waals surface area contributed by atoms with E-state index in [1.807, 2.05) is 20.8 Å². The molecule has 1 amide bonds. The van der Waals surface area contributed by atoms with Crippen molar-refractivity contribution in [3.63, 3.8) is 0 Å². The Morgan fingerprint density at radius 2 is 2.04 bits per heavy atom. The number of carbonyl (C=O) groups excluding carboxylic acids is 2. The van der Waals surface area contributed by atoms with E-state index in [0.717, 1.165) is 0 Å². The molecule has 0 bridgehead atoms. The van der Waals surface area contributed by atoms with E-state index in [1.165, 1.54) is 12.5 Å². The Kier molecular flexibility index (Phi) is 5.84. The van der Waals surface area contributed by atoms with E-state index in [2.05, 4.69) is 5.32 Å². The number of Topliss-reactive ketones (excluding diaryl/α,β-unsaturated/α-hetero) is 1. The molecule has 0 fully saturated rings. The SMILES string of the molecule is CC[C@H](C(=O)N[C@@H](CC(C)C)C(=O)c1ccco1)c1coc(N)c1. The van der Waals surface area contributed by atoms with E-state index in [9.17, 15) is 9.59 Å². The second-order valence-electron chi connectivity index (χ2n) is 6.28. The van der Waals surface area contributed by atoms with Gasteiger partial charge in [-0.05, 0) is 30.9 Å². The van der Waals surface area contributed by atoms with Crippen LogP contribution >= 0.6 is 0 Å². The first-order chi connectivity index (χ1) is 11.4. The minimum atomic E-state index is -0.623. The monoisotopic (exact) mass is 332 g/mol. The van der Waals surface area contributed by atoms with Gasteiger partial charge in [-0.15, -0.1) is 0 Å². The highest BCUT2D eigenvalue weighted by molar-refractivity contribution is 6.00. The fourth-order valence-electron chi connectivity index (χ4n) is 2.69. The van der Waals surface area contributed by atoms with Crippen LogP contribution in [0.2, 0.25) is 0 Å². The summed E-state index contributed by atoms with van der Waals surface area (Å²) in [5.74, 6) is -0.0837. The number of hydrogen-bond acceptors (Lipinski definition) is 5. The molecule has 0 saturated heterocycles. The van der Waals surface area contributed by atoms with Crippen molar-refractivity contribution >= 4 is 17.6 Å². The minimum Gasteiger partial charge on any atom is -0.461 e. The van der Waals surface area contributed by atoms with E-state index in [4.69, 9.17) is 14.6 Å². The Morgan fingerprint density at radius 1 is 1.29 bits per heavy atom. The number of furan rings is 2. The fourth-order valence-corrected chi connectivity index (χ4v) is 2.69. The van der Waals surface area contributed by atoms with Crippen LogP contribution in [0.5, 0.6) is 0 Å². The average molecular weight is 332 g/mol. The van der Waals surface area contributed by atoms with Gasteiger partial charge < -0.3 is 19.9 Å². The molecule has 2 atom stereocenters. The first-order valence-corrected chi connectivity index (χ1v) is 8.14. The Balaban J connectivity index is 2.15. The van der Waals surface area contributed by atoms with Gasteiger partial charge in [-0.1, -0.05) is 20.8 Å². The van der Waals surface area contributed by atoms with Crippen LogP contribution in [0.1, 0.15) is 55.6 Å². The van der Waals surface area contributed by atoms with Gasteiger partial charge in [-0.3, -0.25) is 9.59 Å². The average Bonchev–Trinajstić information content (AvgIpc) is 3.18. The van der Waals surface area contributed by atoms with Crippen molar-refractivity contribution in [3.8, 4) is 0 Å². The summed E-state index contributed by atoms with van der Waals surface area (Å²) in [7, 11) is 0. The van der Waals surface area contributed by atoms with Crippen molar-refractivity contribution in [2.45, 2.75) is 45.6 Å². The molecule has 24 heavy (non-hydrogen) atoms. The number of nitrogens with one attached hydrogen (secondary N) is 1. The Hall–Kier alpha value is -2.50. The lowest BCUT2D eigenvalue weighted by Crippen LogP contribution is -2.43. The number of hydrogen-bond donors (Lipinski definition) is 2. The first kappa shape index (κ1) is 17.8. The van der Waals surface area contributed by atoms with E-state index >= 15 is 0 Å². The summed E-state index contributed by atoms with van der Waals surface area (Å²) in [6, 6.07) is 4.28. The van der Waals surface area contributed by atoms with Crippen molar-refractivity contribution in [2.24, 2.45) is 5.92 Å². The third-order valence-corrected chi connectivity index (χ3v) is 3.87. The molecule has 130 valence electrons. The van der Waals surface area contributed by atoms with Gasteiger partial charge >= 0.3 is 0 Å². The van der Waals surface area contributed by atoms with Crippen molar-refractivity contribution in [2.75, 3.05) is 5.73 Å². The van der Waals surface area contributed by atoms with E-state index in [1.54, 1.807) is 18.2 Å². The maximum Gasteiger partial charge on any atom is 0.228 e. The number of carbonyl (C=O) groups is 2. The molecule has 3 N–H and O–H groups in total. The normalized spacial score (nSPS) is 13.7. The third-order valence-electron chi connectivity index (χ3n) is 3.87. The molecule has 2 heterocycles. The standard InChI is InChI=1S/C18H24N2O4/c1-4-13(12-9-16(19)24-10-12)18(22)20-14(8-11(2)3)17(21)15-6-5-7-23-15/h5-7,9-11,13-14H,4,8,19H2,1-3H3,(H,20,22)/t13-,14-/m0/s1. The maximum absolute atomic E-state index is 12.7. The molecule has 0 aliphatic rings. The molecule has 6 nitrogen and oxygen atoms in total. The van der Waals surface area contributed by atoms with Crippen LogP contribution in [0.15, 0.2) is 39.6 Å². The Bertz CT molecular complexity index is 673. The summed E-state index contributed by atoms with van der Waals surface area (Å²) in [6.07, 6.45) is 4.04. The Labute approximate surface area is 141 Å². The molecule has 2 aromatic heterocycles. The van der Waals surface area contributed by atoms with Gasteiger partial charge in [0.15, 0.2) is 11.6 Å². The number of anilines is 1. The molecular formula is C18H24N2O4. The number of ketones is 1. The zero-order chi connectivity index (χ0) is 17.7. The molecule has 0 saturated carbocycles. The van der Waals surface area contributed by atoms with Crippen LogP contribution in [0, 0.1) is 5.92 Å². The van der Waals surface area contributed by atoms with E-state index in [-0.39, 0.29) is 29.3 Å². The lowest BCUT2D eigenvalue weighted by Gasteiger charge is -2.21. The van der Waals surface area contributed by atoms with E-state index in [0.29, 0.717) is 18.4 Å². The summed E-state index contributed by atoms with van der Waals surface area (Å²) in [5, 5.41) is 2.86. The molecule has 2 rings (SSSR count). The van der Waals surface area contributed by atoms with Crippen molar-refractivity contribution in [1.29, 1.82) is 0 Å². The topological polar surface area (TPSA) is 98.5 Å². The summed E-state index contributed by atoms with van der Waals surface area (Å²) < 4.78 is 10.3. The number of nitrogens with two attached hydrogens (primary N) is 1. The quantitative estimate of drug-likeness (QED) is 0.722. The second-order valence-corrected chi connectivity index (χ2v) is 6.28. The minimum absolute atomic E-state index is 0.219. The summed E-state index contributed by atoms with van der Waals surface area (Å²) in [5.41, 5.74) is 6.30. The maximum atomic E-state index is 12.7. The van der Waals surface area contributed by atoms with Crippen LogP contribution in [-0.4, -0.2) is 17.7 Å². The number of nitrogen functional groups attached to an aromatic ring is 1. The highest BCUT2D eigenvalue weighted by atomic mass is 16.3. The first-order valence-electron chi connectivity index (χ1n) is 8.14. The molecule has 6 heteroatoms. The van der Waals surface area contributed by atoms with Gasteiger partial charge in [0.05, 0.1) is 24.5 Å². The largest absolute Gasteiger partial charge is 0.461 e.